The standard InChI is InChI=1S/C16H21NO7/c1-10(18)17(24-15(22)23-16(2,3)4)13(14(20)21)9-11-5-7-12(19)8-6-11/h5-8,13,19H,9H2,1-4H3,(H,20,21)/t13-/m1/s1. The van der Waals surface area contributed by atoms with Crippen LogP contribution in [0.4, 0.5) is 4.79 Å². The number of carbonyl (C=O) groups is 3. The highest BCUT2D eigenvalue weighted by atomic mass is 16.8. The lowest BCUT2D eigenvalue weighted by Gasteiger charge is -2.27. The maximum Gasteiger partial charge on any atom is 0.534 e. The van der Waals surface area contributed by atoms with Crippen LogP contribution < -0.4 is 0 Å². The van der Waals surface area contributed by atoms with Crippen LogP contribution >= 0.6 is 0 Å². The van der Waals surface area contributed by atoms with E-state index in [2.05, 4.69) is 0 Å². The lowest BCUT2D eigenvalue weighted by atomic mass is 10.1. The van der Waals surface area contributed by atoms with E-state index >= 15 is 0 Å². The summed E-state index contributed by atoms with van der Waals surface area (Å²) in [5.74, 6) is -2.08. The largest absolute Gasteiger partial charge is 0.534 e. The van der Waals surface area contributed by atoms with Gasteiger partial charge in [-0.15, -0.1) is 0 Å². The van der Waals surface area contributed by atoms with Gasteiger partial charge < -0.3 is 19.8 Å². The predicted molar refractivity (Wildman–Crippen MR) is 83.1 cm³/mol. The molecule has 0 spiro atoms. The quantitative estimate of drug-likeness (QED) is 0.638. The molecule has 0 aromatic heterocycles. The lowest BCUT2D eigenvalue weighted by Crippen LogP contribution is -2.47. The van der Waals surface area contributed by atoms with Crippen molar-refractivity contribution >= 4 is 18.0 Å². The molecule has 0 aliphatic rings. The minimum Gasteiger partial charge on any atom is -0.508 e. The molecule has 0 aliphatic carbocycles. The number of benzene rings is 1. The number of carboxylic acid groups (broad SMARTS) is 1. The molecular weight excluding hydrogens is 318 g/mol. The van der Waals surface area contributed by atoms with Gasteiger partial charge in [-0.05, 0) is 38.5 Å². The fraction of sp³-hybridized carbons (Fsp3) is 0.438. The van der Waals surface area contributed by atoms with E-state index in [0.29, 0.717) is 10.6 Å². The van der Waals surface area contributed by atoms with Crippen molar-refractivity contribution in [2.24, 2.45) is 0 Å². The number of hydroxylamine groups is 2. The Morgan fingerprint density at radius 2 is 1.71 bits per heavy atom. The number of amides is 1. The van der Waals surface area contributed by atoms with Gasteiger partial charge in [-0.2, -0.15) is 5.06 Å². The molecule has 0 fully saturated rings. The maximum absolute atomic E-state index is 11.7. The summed E-state index contributed by atoms with van der Waals surface area (Å²) in [7, 11) is 0. The third-order valence-electron chi connectivity index (χ3n) is 2.81. The highest BCUT2D eigenvalue weighted by molar-refractivity contribution is 5.82. The van der Waals surface area contributed by atoms with Crippen molar-refractivity contribution in [2.75, 3.05) is 0 Å². The van der Waals surface area contributed by atoms with Crippen molar-refractivity contribution in [3.8, 4) is 5.75 Å². The fourth-order valence-electron chi connectivity index (χ4n) is 1.82. The van der Waals surface area contributed by atoms with Gasteiger partial charge in [-0.1, -0.05) is 12.1 Å². The van der Waals surface area contributed by atoms with Crippen LogP contribution in [0.25, 0.3) is 0 Å². The maximum atomic E-state index is 11.7. The number of carboxylic acids is 1. The smallest absolute Gasteiger partial charge is 0.508 e. The number of rotatable bonds is 4. The molecule has 1 aromatic carbocycles. The molecule has 1 aromatic rings. The Kier molecular flexibility index (Phi) is 6.16. The summed E-state index contributed by atoms with van der Waals surface area (Å²) in [6, 6.07) is 4.37. The van der Waals surface area contributed by atoms with Crippen LogP contribution in [0.1, 0.15) is 33.3 Å². The summed E-state index contributed by atoms with van der Waals surface area (Å²) < 4.78 is 4.93. The van der Waals surface area contributed by atoms with E-state index in [1.54, 1.807) is 20.8 Å². The van der Waals surface area contributed by atoms with E-state index in [0.717, 1.165) is 6.92 Å². The minimum atomic E-state index is -1.43. The van der Waals surface area contributed by atoms with E-state index in [-0.39, 0.29) is 12.2 Å². The summed E-state index contributed by atoms with van der Waals surface area (Å²) >= 11 is 0. The van der Waals surface area contributed by atoms with E-state index in [1.165, 1.54) is 24.3 Å². The summed E-state index contributed by atoms with van der Waals surface area (Å²) in [4.78, 5) is 39.8. The molecule has 1 amide bonds. The molecule has 2 N–H and O–H groups in total. The molecule has 0 unspecified atom stereocenters. The van der Waals surface area contributed by atoms with Crippen molar-refractivity contribution in [1.82, 2.24) is 5.06 Å². The fourth-order valence-corrected chi connectivity index (χ4v) is 1.82. The Hall–Kier alpha value is -2.77. The first-order valence-electron chi connectivity index (χ1n) is 7.21. The molecule has 8 nitrogen and oxygen atoms in total. The molecule has 1 atom stereocenters. The Morgan fingerprint density at radius 1 is 1.17 bits per heavy atom. The molecule has 1 rings (SSSR count). The van der Waals surface area contributed by atoms with Gasteiger partial charge in [0.2, 0.25) is 0 Å². The molecule has 24 heavy (non-hydrogen) atoms. The van der Waals surface area contributed by atoms with Crippen LogP contribution in [-0.2, 0) is 25.6 Å². The third kappa shape index (κ3) is 6.15. The molecule has 132 valence electrons. The van der Waals surface area contributed by atoms with Crippen LogP contribution in [0.2, 0.25) is 0 Å². The van der Waals surface area contributed by atoms with Gasteiger partial charge in [-0.3, -0.25) is 4.79 Å². The van der Waals surface area contributed by atoms with Crippen molar-refractivity contribution in [3.05, 3.63) is 29.8 Å². The molecule has 0 heterocycles. The summed E-state index contributed by atoms with van der Waals surface area (Å²) in [5, 5.41) is 19.1. The summed E-state index contributed by atoms with van der Waals surface area (Å²) in [5.41, 5.74) is -0.311. The second-order valence-corrected chi connectivity index (χ2v) is 6.13. The zero-order valence-corrected chi connectivity index (χ0v) is 14.0. The molecule has 0 saturated heterocycles. The van der Waals surface area contributed by atoms with E-state index < -0.39 is 29.7 Å². The number of nitrogens with zero attached hydrogens (tertiary/aromatic N) is 1. The third-order valence-corrected chi connectivity index (χ3v) is 2.81. The zero-order chi connectivity index (χ0) is 18.5. The van der Waals surface area contributed by atoms with Gasteiger partial charge in [0.1, 0.15) is 11.4 Å². The first kappa shape index (κ1) is 19.3. The van der Waals surface area contributed by atoms with Crippen LogP contribution in [0.15, 0.2) is 24.3 Å². The normalized spacial score (nSPS) is 12.2. The van der Waals surface area contributed by atoms with Crippen molar-refractivity contribution in [1.29, 1.82) is 0 Å². The number of hydrogen-bond acceptors (Lipinski definition) is 6. The molecule has 0 saturated carbocycles. The van der Waals surface area contributed by atoms with Crippen LogP contribution in [0.3, 0.4) is 0 Å². The Bertz CT molecular complexity index is 604. The Balaban J connectivity index is 2.95. The molecule has 0 aliphatic heterocycles. The van der Waals surface area contributed by atoms with Crippen molar-refractivity contribution in [2.45, 2.75) is 45.8 Å². The van der Waals surface area contributed by atoms with E-state index in [9.17, 15) is 24.6 Å². The van der Waals surface area contributed by atoms with Gasteiger partial charge in [0, 0.05) is 13.3 Å². The highest BCUT2D eigenvalue weighted by Crippen LogP contribution is 2.16. The first-order chi connectivity index (χ1) is 11.0. The lowest BCUT2D eigenvalue weighted by molar-refractivity contribution is -0.194. The number of carbonyl (C=O) groups excluding carboxylic acids is 2. The Morgan fingerprint density at radius 3 is 2.12 bits per heavy atom. The monoisotopic (exact) mass is 339 g/mol. The number of aliphatic carboxylic acids is 1. The van der Waals surface area contributed by atoms with E-state index in [1.807, 2.05) is 0 Å². The highest BCUT2D eigenvalue weighted by Gasteiger charge is 2.33. The Labute approximate surface area is 139 Å². The molecular formula is C16H21NO7. The number of ether oxygens (including phenoxy) is 1. The topological polar surface area (TPSA) is 113 Å². The summed E-state index contributed by atoms with van der Waals surface area (Å²) in [6.45, 7) is 5.91. The predicted octanol–water partition coefficient (Wildman–Crippen LogP) is 2.10. The van der Waals surface area contributed by atoms with Crippen LogP contribution in [0.5, 0.6) is 5.75 Å². The average molecular weight is 339 g/mol. The number of hydrogen-bond donors (Lipinski definition) is 2. The summed E-state index contributed by atoms with van der Waals surface area (Å²) in [6.07, 6.45) is -1.28. The molecule has 8 heteroatoms. The van der Waals surface area contributed by atoms with Gasteiger partial charge >= 0.3 is 12.1 Å². The van der Waals surface area contributed by atoms with Gasteiger partial charge in [-0.25, -0.2) is 9.59 Å². The van der Waals surface area contributed by atoms with E-state index in [4.69, 9.17) is 9.57 Å². The minimum absolute atomic E-state index is 0.0269. The number of aromatic hydroxyl groups is 1. The van der Waals surface area contributed by atoms with Gasteiger partial charge in [0.25, 0.3) is 5.91 Å². The second-order valence-electron chi connectivity index (χ2n) is 6.13. The van der Waals surface area contributed by atoms with Crippen molar-refractivity contribution in [3.63, 3.8) is 0 Å². The first-order valence-corrected chi connectivity index (χ1v) is 7.21. The molecule has 0 bridgehead atoms. The van der Waals surface area contributed by atoms with Crippen LogP contribution in [-0.4, -0.2) is 45.0 Å². The number of phenols is 1. The average Bonchev–Trinajstić information content (AvgIpc) is 2.42. The van der Waals surface area contributed by atoms with Crippen LogP contribution in [0, 0.1) is 0 Å². The van der Waals surface area contributed by atoms with Crippen molar-refractivity contribution < 1.29 is 34.2 Å². The van der Waals surface area contributed by atoms with Gasteiger partial charge in [0.05, 0.1) is 0 Å². The van der Waals surface area contributed by atoms with Gasteiger partial charge in [0.15, 0.2) is 6.04 Å². The number of phenolic OH excluding ortho intramolecular Hbond substituents is 1. The second kappa shape index (κ2) is 7.67. The SMILES string of the molecule is CC(=O)N(OC(=O)OC(C)(C)C)[C@H](Cc1ccc(O)cc1)C(=O)O. The zero-order valence-electron chi connectivity index (χ0n) is 14.0. The molecule has 0 radical (unpaired) electrons.